The van der Waals surface area contributed by atoms with Crippen LogP contribution >= 0.6 is 0 Å². The van der Waals surface area contributed by atoms with Crippen LogP contribution in [0.4, 0.5) is 0 Å². The minimum Gasteiger partial charge on any atom is -0.382 e. The van der Waals surface area contributed by atoms with Crippen LogP contribution in [-0.2, 0) is 14.2 Å². The van der Waals surface area contributed by atoms with Crippen LogP contribution in [0.15, 0.2) is 0 Å². The van der Waals surface area contributed by atoms with E-state index in [1.165, 1.54) is 12.8 Å². The first-order valence-corrected chi connectivity index (χ1v) is 8.05. The summed E-state index contributed by atoms with van der Waals surface area (Å²) >= 11 is 0. The summed E-state index contributed by atoms with van der Waals surface area (Å²) in [7, 11) is 1.68. The van der Waals surface area contributed by atoms with E-state index in [0.29, 0.717) is 26.4 Å². The average molecular weight is 289 g/mol. The van der Waals surface area contributed by atoms with E-state index in [4.69, 9.17) is 14.2 Å². The topological polar surface area (TPSA) is 39.7 Å². The van der Waals surface area contributed by atoms with E-state index in [9.17, 15) is 0 Å². The predicted molar refractivity (Wildman–Crippen MR) is 84.2 cm³/mol. The lowest BCUT2D eigenvalue weighted by Crippen LogP contribution is -2.25. The van der Waals surface area contributed by atoms with Gasteiger partial charge in [-0.2, -0.15) is 0 Å². The highest BCUT2D eigenvalue weighted by Gasteiger charge is 2.10. The molecule has 20 heavy (non-hydrogen) atoms. The lowest BCUT2D eigenvalue weighted by atomic mass is 9.94. The summed E-state index contributed by atoms with van der Waals surface area (Å²) in [5.74, 6) is 1.47. The zero-order chi connectivity index (χ0) is 15.1. The molecule has 122 valence electrons. The van der Waals surface area contributed by atoms with Crippen molar-refractivity contribution in [2.75, 3.05) is 53.2 Å². The average Bonchev–Trinajstić information content (AvgIpc) is 2.41. The first-order valence-electron chi connectivity index (χ1n) is 8.05. The first kappa shape index (κ1) is 19.8. The molecule has 0 radical (unpaired) electrons. The van der Waals surface area contributed by atoms with E-state index in [1.807, 2.05) is 0 Å². The van der Waals surface area contributed by atoms with Crippen LogP contribution in [-0.4, -0.2) is 53.2 Å². The molecule has 0 saturated heterocycles. The van der Waals surface area contributed by atoms with Crippen molar-refractivity contribution in [3.05, 3.63) is 0 Å². The molecule has 0 aromatic rings. The minimum absolute atomic E-state index is 0.650. The fourth-order valence-electron chi connectivity index (χ4n) is 2.17. The molecule has 0 amide bonds. The van der Waals surface area contributed by atoms with Crippen LogP contribution in [0.1, 0.15) is 40.0 Å². The van der Waals surface area contributed by atoms with E-state index < -0.39 is 0 Å². The van der Waals surface area contributed by atoms with Gasteiger partial charge < -0.3 is 19.5 Å². The van der Waals surface area contributed by atoms with Crippen molar-refractivity contribution >= 4 is 0 Å². The Morgan fingerprint density at radius 3 is 2.20 bits per heavy atom. The molecule has 1 unspecified atom stereocenters. The third-order valence-corrected chi connectivity index (χ3v) is 3.14. The second-order valence-corrected chi connectivity index (χ2v) is 5.71. The molecule has 4 nitrogen and oxygen atoms in total. The number of rotatable bonds is 15. The van der Waals surface area contributed by atoms with Crippen molar-refractivity contribution in [2.45, 2.75) is 40.0 Å². The van der Waals surface area contributed by atoms with Crippen LogP contribution in [0.25, 0.3) is 0 Å². The summed E-state index contributed by atoms with van der Waals surface area (Å²) in [6.45, 7) is 12.5. The zero-order valence-corrected chi connectivity index (χ0v) is 14.0. The quantitative estimate of drug-likeness (QED) is 0.471. The highest BCUT2D eigenvalue weighted by Crippen LogP contribution is 2.14. The molecule has 0 aliphatic heterocycles. The molecule has 0 aliphatic rings. The van der Waals surface area contributed by atoms with Gasteiger partial charge in [0.05, 0.1) is 26.4 Å². The van der Waals surface area contributed by atoms with Crippen LogP contribution in [0.5, 0.6) is 0 Å². The van der Waals surface area contributed by atoms with E-state index >= 15 is 0 Å². The van der Waals surface area contributed by atoms with Crippen molar-refractivity contribution in [3.63, 3.8) is 0 Å². The minimum atomic E-state index is 0.650. The van der Waals surface area contributed by atoms with Gasteiger partial charge >= 0.3 is 0 Å². The first-order chi connectivity index (χ1) is 9.70. The molecular weight excluding hydrogens is 254 g/mol. The van der Waals surface area contributed by atoms with Gasteiger partial charge in [-0.15, -0.1) is 0 Å². The summed E-state index contributed by atoms with van der Waals surface area (Å²) in [5.41, 5.74) is 0. The summed E-state index contributed by atoms with van der Waals surface area (Å²) in [6.07, 6.45) is 3.60. The molecule has 4 heteroatoms. The second-order valence-electron chi connectivity index (χ2n) is 5.71. The Bertz CT molecular complexity index is 189. The maximum Gasteiger partial charge on any atom is 0.0701 e. The highest BCUT2D eigenvalue weighted by molar-refractivity contribution is 4.64. The van der Waals surface area contributed by atoms with Crippen LogP contribution in [0.2, 0.25) is 0 Å². The molecule has 0 spiro atoms. The van der Waals surface area contributed by atoms with Gasteiger partial charge in [-0.05, 0) is 44.2 Å². The molecule has 0 aromatic carbocycles. The van der Waals surface area contributed by atoms with Gasteiger partial charge in [-0.1, -0.05) is 20.8 Å². The largest absolute Gasteiger partial charge is 0.382 e. The Labute approximate surface area is 125 Å². The monoisotopic (exact) mass is 289 g/mol. The van der Waals surface area contributed by atoms with Gasteiger partial charge in [0.25, 0.3) is 0 Å². The number of hydrogen-bond donors (Lipinski definition) is 1. The zero-order valence-electron chi connectivity index (χ0n) is 14.0. The third kappa shape index (κ3) is 14.3. The molecule has 0 fully saturated rings. The normalized spacial score (nSPS) is 13.1. The molecule has 1 atom stereocenters. The van der Waals surface area contributed by atoms with Crippen molar-refractivity contribution in [3.8, 4) is 0 Å². The molecule has 0 aromatic heterocycles. The van der Waals surface area contributed by atoms with E-state index in [1.54, 1.807) is 7.11 Å². The molecule has 0 aliphatic carbocycles. The number of methoxy groups -OCH3 is 1. The Morgan fingerprint density at radius 1 is 0.950 bits per heavy atom. The number of hydrogen-bond acceptors (Lipinski definition) is 4. The smallest absolute Gasteiger partial charge is 0.0701 e. The summed E-state index contributed by atoms with van der Waals surface area (Å²) < 4.78 is 15.9. The molecule has 0 rings (SSSR count). The van der Waals surface area contributed by atoms with Gasteiger partial charge in [0.1, 0.15) is 0 Å². The molecule has 0 heterocycles. The Hall–Kier alpha value is -0.160. The van der Waals surface area contributed by atoms with Crippen molar-refractivity contribution < 1.29 is 14.2 Å². The van der Waals surface area contributed by atoms with Crippen molar-refractivity contribution in [1.82, 2.24) is 5.32 Å². The van der Waals surface area contributed by atoms with E-state index in [-0.39, 0.29) is 0 Å². The van der Waals surface area contributed by atoms with Crippen LogP contribution < -0.4 is 5.32 Å². The molecule has 0 bridgehead atoms. The Kier molecular flexibility index (Phi) is 15.1. The van der Waals surface area contributed by atoms with Gasteiger partial charge in [0, 0.05) is 13.7 Å². The fraction of sp³-hybridized carbons (Fsp3) is 1.00. The molecule has 0 saturated carbocycles. The van der Waals surface area contributed by atoms with Gasteiger partial charge in [0.2, 0.25) is 0 Å². The highest BCUT2D eigenvalue weighted by atomic mass is 16.5. The predicted octanol–water partition coefficient (Wildman–Crippen LogP) is 2.72. The van der Waals surface area contributed by atoms with E-state index in [2.05, 4.69) is 26.1 Å². The van der Waals surface area contributed by atoms with Crippen LogP contribution in [0.3, 0.4) is 0 Å². The Balaban J connectivity index is 3.52. The lowest BCUT2D eigenvalue weighted by molar-refractivity contribution is 0.0213. The van der Waals surface area contributed by atoms with Crippen molar-refractivity contribution in [2.24, 2.45) is 11.8 Å². The summed E-state index contributed by atoms with van der Waals surface area (Å²) in [4.78, 5) is 0. The van der Waals surface area contributed by atoms with Gasteiger partial charge in [-0.25, -0.2) is 0 Å². The standard InChI is InChI=1S/C16H35NO3/c1-5-7-17-14-16(13-15(2)3)6-8-19-11-12-20-10-9-18-4/h15-17H,5-14H2,1-4H3. The maximum absolute atomic E-state index is 5.64. The molecular formula is C16H35NO3. The summed E-state index contributed by atoms with van der Waals surface area (Å²) in [6, 6.07) is 0. The van der Waals surface area contributed by atoms with Gasteiger partial charge in [-0.3, -0.25) is 0 Å². The van der Waals surface area contributed by atoms with E-state index in [0.717, 1.165) is 38.0 Å². The second kappa shape index (κ2) is 15.2. The SMILES string of the molecule is CCCNCC(CCOCCOCCOC)CC(C)C. The third-order valence-electron chi connectivity index (χ3n) is 3.14. The maximum atomic E-state index is 5.64. The lowest BCUT2D eigenvalue weighted by Gasteiger charge is -2.19. The molecule has 1 N–H and O–H groups in total. The number of ether oxygens (including phenoxy) is 3. The summed E-state index contributed by atoms with van der Waals surface area (Å²) in [5, 5.41) is 3.52. The van der Waals surface area contributed by atoms with Crippen LogP contribution in [0, 0.1) is 11.8 Å². The number of nitrogens with one attached hydrogen (secondary N) is 1. The van der Waals surface area contributed by atoms with Gasteiger partial charge in [0.15, 0.2) is 0 Å². The fourth-order valence-corrected chi connectivity index (χ4v) is 2.17. The van der Waals surface area contributed by atoms with Crippen molar-refractivity contribution in [1.29, 1.82) is 0 Å². The Morgan fingerprint density at radius 2 is 1.60 bits per heavy atom.